The standard InChI is InChI=1S/C27H30N2O6/c1-34-19(14-25(30)31)15-28-26(32)17-7-6-8-18(13-17)29-27(33)35-16-24-22-11-4-2-9-20(22)21-10-3-5-12-23(21)24/h2-6,8-12,17-19,24H,7,13-16H2,1H3,(H,28,32)(H,29,33)(H,30,31). The highest BCUT2D eigenvalue weighted by Gasteiger charge is 2.30. The molecule has 8 heteroatoms. The fourth-order valence-corrected chi connectivity index (χ4v) is 4.79. The maximum atomic E-state index is 12.6. The molecule has 2 aromatic rings. The van der Waals surface area contributed by atoms with Gasteiger partial charge in [-0.05, 0) is 35.1 Å². The molecule has 2 aliphatic rings. The third-order valence-electron chi connectivity index (χ3n) is 6.58. The van der Waals surface area contributed by atoms with Crippen molar-refractivity contribution < 1.29 is 29.0 Å². The van der Waals surface area contributed by atoms with Crippen molar-refractivity contribution in [1.82, 2.24) is 10.6 Å². The van der Waals surface area contributed by atoms with E-state index in [1.165, 1.54) is 18.2 Å². The van der Waals surface area contributed by atoms with E-state index in [0.29, 0.717) is 12.8 Å². The summed E-state index contributed by atoms with van der Waals surface area (Å²) in [6.45, 7) is 0.342. The van der Waals surface area contributed by atoms with Gasteiger partial charge in [-0.25, -0.2) is 4.79 Å². The third kappa shape index (κ3) is 5.89. The summed E-state index contributed by atoms with van der Waals surface area (Å²) in [5, 5.41) is 14.5. The molecule has 0 aromatic heterocycles. The Morgan fingerprint density at radius 2 is 1.71 bits per heavy atom. The van der Waals surface area contributed by atoms with E-state index in [1.54, 1.807) is 0 Å². The highest BCUT2D eigenvalue weighted by Crippen LogP contribution is 2.44. The zero-order valence-corrected chi connectivity index (χ0v) is 19.6. The first-order chi connectivity index (χ1) is 17.0. The number of benzene rings is 2. The molecule has 0 spiro atoms. The predicted molar refractivity (Wildman–Crippen MR) is 130 cm³/mol. The second-order valence-electron chi connectivity index (χ2n) is 8.87. The molecule has 0 fully saturated rings. The minimum absolute atomic E-state index is 0.0203. The number of rotatable bonds is 9. The van der Waals surface area contributed by atoms with Crippen molar-refractivity contribution in [3.63, 3.8) is 0 Å². The molecule has 0 aliphatic heterocycles. The van der Waals surface area contributed by atoms with Gasteiger partial charge in [0.1, 0.15) is 6.61 Å². The van der Waals surface area contributed by atoms with Crippen LogP contribution in [0.15, 0.2) is 60.7 Å². The topological polar surface area (TPSA) is 114 Å². The number of ether oxygens (including phenoxy) is 2. The SMILES string of the molecule is COC(CNC(=O)C1CC=CC(NC(=O)OCC2c3ccccc3-c3ccccc32)C1)CC(=O)O. The maximum absolute atomic E-state index is 12.6. The molecule has 184 valence electrons. The van der Waals surface area contributed by atoms with Gasteiger partial charge in [0.05, 0.1) is 18.6 Å². The summed E-state index contributed by atoms with van der Waals surface area (Å²) in [5.41, 5.74) is 4.63. The van der Waals surface area contributed by atoms with E-state index < -0.39 is 18.2 Å². The van der Waals surface area contributed by atoms with Gasteiger partial charge in [-0.3, -0.25) is 9.59 Å². The zero-order valence-electron chi connectivity index (χ0n) is 19.6. The number of nitrogens with one attached hydrogen (secondary N) is 2. The van der Waals surface area contributed by atoms with Gasteiger partial charge >= 0.3 is 12.1 Å². The van der Waals surface area contributed by atoms with E-state index in [2.05, 4.69) is 34.9 Å². The largest absolute Gasteiger partial charge is 0.481 e. The Bertz CT molecular complexity index is 1070. The Hall–Kier alpha value is -3.65. The van der Waals surface area contributed by atoms with Gasteiger partial charge in [0.25, 0.3) is 0 Å². The van der Waals surface area contributed by atoms with Crippen LogP contribution in [0.25, 0.3) is 11.1 Å². The average Bonchev–Trinajstić information content (AvgIpc) is 3.18. The molecule has 3 atom stereocenters. The van der Waals surface area contributed by atoms with Gasteiger partial charge in [-0.2, -0.15) is 0 Å². The van der Waals surface area contributed by atoms with Crippen molar-refractivity contribution in [3.05, 3.63) is 71.8 Å². The fraction of sp³-hybridized carbons (Fsp3) is 0.370. The number of carboxylic acid groups (broad SMARTS) is 1. The number of carbonyl (C=O) groups is 3. The van der Waals surface area contributed by atoms with Gasteiger partial charge in [0.2, 0.25) is 5.91 Å². The van der Waals surface area contributed by atoms with Crippen LogP contribution in [0.1, 0.15) is 36.3 Å². The molecule has 35 heavy (non-hydrogen) atoms. The number of hydrogen-bond acceptors (Lipinski definition) is 5. The third-order valence-corrected chi connectivity index (χ3v) is 6.58. The molecule has 4 rings (SSSR count). The summed E-state index contributed by atoms with van der Waals surface area (Å²) in [7, 11) is 1.41. The minimum Gasteiger partial charge on any atom is -0.481 e. The molecule has 2 aromatic carbocycles. The Kier molecular flexibility index (Phi) is 7.82. The average molecular weight is 479 g/mol. The van der Waals surface area contributed by atoms with Crippen LogP contribution in [-0.2, 0) is 19.1 Å². The molecule has 8 nitrogen and oxygen atoms in total. The van der Waals surface area contributed by atoms with E-state index in [-0.39, 0.29) is 43.4 Å². The lowest BCUT2D eigenvalue weighted by molar-refractivity contribution is -0.140. The van der Waals surface area contributed by atoms with Crippen molar-refractivity contribution in [2.45, 2.75) is 37.3 Å². The van der Waals surface area contributed by atoms with Gasteiger partial charge in [0.15, 0.2) is 0 Å². The Morgan fingerprint density at radius 1 is 1.06 bits per heavy atom. The molecule has 0 bridgehead atoms. The number of carboxylic acids is 1. The number of allylic oxidation sites excluding steroid dienone is 1. The Balaban J connectivity index is 1.28. The van der Waals surface area contributed by atoms with Crippen LogP contribution >= 0.6 is 0 Å². The van der Waals surface area contributed by atoms with Crippen molar-refractivity contribution in [2.24, 2.45) is 5.92 Å². The van der Waals surface area contributed by atoms with Crippen molar-refractivity contribution in [2.75, 3.05) is 20.3 Å². The minimum atomic E-state index is -0.987. The van der Waals surface area contributed by atoms with Crippen LogP contribution in [0.4, 0.5) is 4.79 Å². The highest BCUT2D eigenvalue weighted by molar-refractivity contribution is 5.80. The van der Waals surface area contributed by atoms with Gasteiger partial charge in [-0.15, -0.1) is 0 Å². The van der Waals surface area contributed by atoms with E-state index >= 15 is 0 Å². The summed E-state index contributed by atoms with van der Waals surface area (Å²) < 4.78 is 10.7. The smallest absolute Gasteiger partial charge is 0.407 e. The summed E-state index contributed by atoms with van der Waals surface area (Å²) >= 11 is 0. The summed E-state index contributed by atoms with van der Waals surface area (Å²) in [5.74, 6) is -1.53. The van der Waals surface area contributed by atoms with Crippen LogP contribution in [0.2, 0.25) is 0 Å². The number of alkyl carbamates (subject to hydrolysis) is 1. The number of amides is 2. The van der Waals surface area contributed by atoms with Crippen LogP contribution in [0.3, 0.4) is 0 Å². The Morgan fingerprint density at radius 3 is 2.34 bits per heavy atom. The van der Waals surface area contributed by atoms with Crippen LogP contribution in [0, 0.1) is 5.92 Å². The van der Waals surface area contributed by atoms with Crippen molar-refractivity contribution in [3.8, 4) is 11.1 Å². The Labute approximate surface area is 204 Å². The summed E-state index contributed by atoms with van der Waals surface area (Å²) in [4.78, 5) is 36.0. The molecule has 0 saturated heterocycles. The molecule has 0 saturated carbocycles. The first-order valence-electron chi connectivity index (χ1n) is 11.8. The second kappa shape index (κ2) is 11.2. The number of carbonyl (C=O) groups excluding carboxylic acids is 2. The molecular weight excluding hydrogens is 448 g/mol. The van der Waals surface area contributed by atoms with Crippen LogP contribution in [-0.4, -0.2) is 55.5 Å². The molecule has 2 aliphatic carbocycles. The van der Waals surface area contributed by atoms with E-state index in [4.69, 9.17) is 14.6 Å². The van der Waals surface area contributed by atoms with Crippen LogP contribution in [0.5, 0.6) is 0 Å². The second-order valence-corrected chi connectivity index (χ2v) is 8.87. The van der Waals surface area contributed by atoms with Crippen molar-refractivity contribution in [1.29, 1.82) is 0 Å². The molecule has 3 N–H and O–H groups in total. The van der Waals surface area contributed by atoms with E-state index in [9.17, 15) is 14.4 Å². The summed E-state index contributed by atoms with van der Waals surface area (Å²) in [6, 6.07) is 16.0. The fourth-order valence-electron chi connectivity index (χ4n) is 4.79. The first kappa shape index (κ1) is 24.5. The normalized spacial score (nSPS) is 19.3. The number of hydrogen-bond donors (Lipinski definition) is 3. The lowest BCUT2D eigenvalue weighted by atomic mass is 9.90. The molecular formula is C27H30N2O6. The molecule has 0 radical (unpaired) electrons. The highest BCUT2D eigenvalue weighted by atomic mass is 16.5. The molecule has 0 heterocycles. The predicted octanol–water partition coefficient (Wildman–Crippen LogP) is 3.47. The van der Waals surface area contributed by atoms with Gasteiger partial charge in [-0.1, -0.05) is 60.7 Å². The van der Waals surface area contributed by atoms with E-state index in [0.717, 1.165) is 11.1 Å². The lowest BCUT2D eigenvalue weighted by Crippen LogP contribution is -2.43. The first-order valence-corrected chi connectivity index (χ1v) is 11.8. The van der Waals surface area contributed by atoms with Gasteiger partial charge in [0, 0.05) is 25.5 Å². The van der Waals surface area contributed by atoms with Crippen LogP contribution < -0.4 is 10.6 Å². The summed E-state index contributed by atoms with van der Waals surface area (Å²) in [6.07, 6.45) is 3.41. The molecule has 3 unspecified atom stereocenters. The van der Waals surface area contributed by atoms with E-state index in [1.807, 2.05) is 36.4 Å². The number of aliphatic carboxylic acids is 1. The lowest BCUT2D eigenvalue weighted by Gasteiger charge is -2.25. The zero-order chi connectivity index (χ0) is 24.8. The quantitative estimate of drug-likeness (QED) is 0.476. The maximum Gasteiger partial charge on any atom is 0.407 e. The van der Waals surface area contributed by atoms with Gasteiger partial charge < -0.3 is 25.2 Å². The monoisotopic (exact) mass is 478 g/mol. The van der Waals surface area contributed by atoms with Crippen molar-refractivity contribution >= 4 is 18.0 Å². The molecule has 2 amide bonds. The number of methoxy groups -OCH3 is 1. The number of fused-ring (bicyclic) bond motifs is 3.